The molecule has 0 aromatic carbocycles. The van der Waals surface area contributed by atoms with E-state index in [1.807, 2.05) is 0 Å². The number of nitrogens with zero attached hydrogens (tertiary/aromatic N) is 1. The fourth-order valence-corrected chi connectivity index (χ4v) is 2.34. The van der Waals surface area contributed by atoms with E-state index in [0.29, 0.717) is 5.41 Å². The van der Waals surface area contributed by atoms with E-state index >= 15 is 0 Å². The summed E-state index contributed by atoms with van der Waals surface area (Å²) in [5.41, 5.74) is 0.439. The molecular weight excluding hydrogens is 184 g/mol. The van der Waals surface area contributed by atoms with Crippen LogP contribution in [0.25, 0.3) is 0 Å². The molecule has 2 heteroatoms. The Kier molecular flexibility index (Phi) is 5.07. The fraction of sp³-hybridized carbons (Fsp3) is 1.00. The topological polar surface area (TPSA) is 15.3 Å². The van der Waals surface area contributed by atoms with Crippen LogP contribution in [0.15, 0.2) is 0 Å². The molecular formula is C13H28N2. The Morgan fingerprint density at radius 1 is 1.27 bits per heavy atom. The minimum atomic E-state index is 0.439. The molecule has 1 aliphatic rings. The van der Waals surface area contributed by atoms with E-state index in [4.69, 9.17) is 0 Å². The van der Waals surface area contributed by atoms with Crippen molar-refractivity contribution in [3.63, 3.8) is 0 Å². The number of rotatable bonds is 2. The Balaban J connectivity index is 2.38. The van der Waals surface area contributed by atoms with Crippen LogP contribution >= 0.6 is 0 Å². The van der Waals surface area contributed by atoms with Crippen LogP contribution < -0.4 is 5.32 Å². The third-order valence-corrected chi connectivity index (χ3v) is 3.07. The average Bonchev–Trinajstić information content (AvgIpc) is 2.09. The Morgan fingerprint density at radius 2 is 2.00 bits per heavy atom. The summed E-state index contributed by atoms with van der Waals surface area (Å²) in [6.45, 7) is 14.3. The first-order valence-corrected chi connectivity index (χ1v) is 6.47. The first-order valence-electron chi connectivity index (χ1n) is 6.47. The van der Waals surface area contributed by atoms with Crippen molar-refractivity contribution in [2.24, 2.45) is 5.41 Å². The molecule has 0 saturated carbocycles. The lowest BCUT2D eigenvalue weighted by Crippen LogP contribution is -2.42. The fourth-order valence-electron chi connectivity index (χ4n) is 2.34. The highest BCUT2D eigenvalue weighted by Gasteiger charge is 2.18. The molecule has 1 unspecified atom stereocenters. The van der Waals surface area contributed by atoms with Gasteiger partial charge in [-0.05, 0) is 44.3 Å². The molecule has 2 nitrogen and oxygen atoms in total. The van der Waals surface area contributed by atoms with E-state index < -0.39 is 0 Å². The minimum absolute atomic E-state index is 0.439. The molecule has 0 aromatic heterocycles. The van der Waals surface area contributed by atoms with Crippen molar-refractivity contribution >= 4 is 0 Å². The molecule has 15 heavy (non-hydrogen) atoms. The summed E-state index contributed by atoms with van der Waals surface area (Å²) in [7, 11) is 0. The Hall–Kier alpha value is -0.0800. The van der Waals surface area contributed by atoms with Crippen molar-refractivity contribution in [3.05, 3.63) is 0 Å². The molecule has 0 bridgehead atoms. The molecule has 90 valence electrons. The van der Waals surface area contributed by atoms with Gasteiger partial charge >= 0.3 is 0 Å². The zero-order valence-corrected chi connectivity index (χ0v) is 11.0. The maximum absolute atomic E-state index is 3.63. The predicted molar refractivity (Wildman–Crippen MR) is 67.2 cm³/mol. The van der Waals surface area contributed by atoms with Crippen LogP contribution in [0.5, 0.6) is 0 Å². The second kappa shape index (κ2) is 5.86. The summed E-state index contributed by atoms with van der Waals surface area (Å²) in [6, 6.07) is 0.743. The summed E-state index contributed by atoms with van der Waals surface area (Å²) in [5, 5.41) is 3.63. The van der Waals surface area contributed by atoms with Gasteiger partial charge < -0.3 is 10.2 Å². The van der Waals surface area contributed by atoms with Crippen LogP contribution in [0.3, 0.4) is 0 Å². The van der Waals surface area contributed by atoms with Gasteiger partial charge in [-0.1, -0.05) is 27.7 Å². The molecule has 0 aliphatic carbocycles. The Morgan fingerprint density at radius 3 is 2.60 bits per heavy atom. The molecule has 1 fully saturated rings. The van der Waals surface area contributed by atoms with E-state index in [1.54, 1.807) is 0 Å². The number of nitrogens with one attached hydrogen (secondary N) is 1. The van der Waals surface area contributed by atoms with Gasteiger partial charge in [0.15, 0.2) is 0 Å². The van der Waals surface area contributed by atoms with Crippen molar-refractivity contribution in [3.8, 4) is 0 Å². The van der Waals surface area contributed by atoms with Crippen LogP contribution in [-0.4, -0.2) is 37.1 Å². The molecule has 0 radical (unpaired) electrons. The molecule has 1 aliphatic heterocycles. The maximum Gasteiger partial charge on any atom is 0.00766 e. The van der Waals surface area contributed by atoms with Crippen molar-refractivity contribution in [1.82, 2.24) is 10.2 Å². The van der Waals surface area contributed by atoms with Gasteiger partial charge in [-0.15, -0.1) is 0 Å². The summed E-state index contributed by atoms with van der Waals surface area (Å²) in [5.74, 6) is 0. The monoisotopic (exact) mass is 212 g/mol. The first-order chi connectivity index (χ1) is 7.01. The highest BCUT2D eigenvalue weighted by atomic mass is 15.1. The molecule has 1 rings (SSSR count). The van der Waals surface area contributed by atoms with Crippen molar-refractivity contribution < 1.29 is 0 Å². The van der Waals surface area contributed by atoms with E-state index in [9.17, 15) is 0 Å². The van der Waals surface area contributed by atoms with Crippen molar-refractivity contribution in [1.29, 1.82) is 0 Å². The largest absolute Gasteiger partial charge is 0.314 e. The standard InChI is InChI=1S/C13H28N2/c1-5-12-7-10-15(9-6-8-14-12)11-13(2,3)4/h12,14H,5-11H2,1-4H3. The lowest BCUT2D eigenvalue weighted by Gasteiger charge is -2.33. The van der Waals surface area contributed by atoms with Gasteiger partial charge in [-0.2, -0.15) is 0 Å². The Bertz CT molecular complexity index is 172. The molecule has 1 atom stereocenters. The third-order valence-electron chi connectivity index (χ3n) is 3.07. The van der Waals surface area contributed by atoms with E-state index in [2.05, 4.69) is 37.9 Å². The number of hydrogen-bond donors (Lipinski definition) is 1. The van der Waals surface area contributed by atoms with Gasteiger partial charge in [-0.25, -0.2) is 0 Å². The van der Waals surface area contributed by atoms with Gasteiger partial charge in [0, 0.05) is 12.6 Å². The van der Waals surface area contributed by atoms with Crippen LogP contribution in [0.4, 0.5) is 0 Å². The summed E-state index contributed by atoms with van der Waals surface area (Å²) in [4.78, 5) is 2.64. The van der Waals surface area contributed by atoms with Crippen molar-refractivity contribution in [2.45, 2.75) is 53.0 Å². The highest BCUT2D eigenvalue weighted by molar-refractivity contribution is 4.75. The molecule has 1 N–H and O–H groups in total. The minimum Gasteiger partial charge on any atom is -0.314 e. The van der Waals surface area contributed by atoms with Gasteiger partial charge in [0.05, 0.1) is 0 Å². The van der Waals surface area contributed by atoms with Crippen LogP contribution in [-0.2, 0) is 0 Å². The van der Waals surface area contributed by atoms with Crippen LogP contribution in [0.1, 0.15) is 47.0 Å². The summed E-state index contributed by atoms with van der Waals surface area (Å²) < 4.78 is 0. The summed E-state index contributed by atoms with van der Waals surface area (Å²) in [6.07, 6.45) is 3.88. The van der Waals surface area contributed by atoms with Crippen LogP contribution in [0, 0.1) is 5.41 Å². The normalized spacial score (nSPS) is 26.0. The molecule has 1 heterocycles. The zero-order chi connectivity index (χ0) is 11.3. The maximum atomic E-state index is 3.63. The second-order valence-electron chi connectivity index (χ2n) is 6.04. The Labute approximate surface area is 95.4 Å². The van der Waals surface area contributed by atoms with Crippen LogP contribution in [0.2, 0.25) is 0 Å². The molecule has 0 spiro atoms. The molecule has 1 saturated heterocycles. The zero-order valence-electron chi connectivity index (χ0n) is 11.0. The van der Waals surface area contributed by atoms with Crippen molar-refractivity contribution in [2.75, 3.05) is 26.2 Å². The van der Waals surface area contributed by atoms with E-state index in [1.165, 1.54) is 45.4 Å². The third kappa shape index (κ3) is 5.53. The molecule has 0 aromatic rings. The van der Waals surface area contributed by atoms with Gasteiger partial charge in [0.2, 0.25) is 0 Å². The highest BCUT2D eigenvalue weighted by Crippen LogP contribution is 2.16. The SMILES string of the molecule is CCC1CCN(CC(C)(C)C)CCCN1. The van der Waals surface area contributed by atoms with Gasteiger partial charge in [-0.3, -0.25) is 0 Å². The lowest BCUT2D eigenvalue weighted by molar-refractivity contribution is 0.169. The smallest absolute Gasteiger partial charge is 0.00766 e. The van der Waals surface area contributed by atoms with Gasteiger partial charge in [0.1, 0.15) is 0 Å². The second-order valence-corrected chi connectivity index (χ2v) is 6.04. The van der Waals surface area contributed by atoms with Gasteiger partial charge in [0.25, 0.3) is 0 Å². The van der Waals surface area contributed by atoms with E-state index in [-0.39, 0.29) is 0 Å². The lowest BCUT2D eigenvalue weighted by atomic mass is 9.95. The first kappa shape index (κ1) is 13.0. The molecule has 0 amide bonds. The quantitative estimate of drug-likeness (QED) is 0.756. The summed E-state index contributed by atoms with van der Waals surface area (Å²) >= 11 is 0. The number of hydrogen-bond acceptors (Lipinski definition) is 2. The van der Waals surface area contributed by atoms with E-state index in [0.717, 1.165) is 6.04 Å². The predicted octanol–water partition coefficient (Wildman–Crippen LogP) is 2.50. The average molecular weight is 212 g/mol.